The maximum absolute atomic E-state index is 4.84. The molecule has 2 atom stereocenters. The van der Waals surface area contributed by atoms with Crippen molar-refractivity contribution >= 4 is 59.4 Å². The van der Waals surface area contributed by atoms with Crippen molar-refractivity contribution in [1.29, 1.82) is 0 Å². The fraction of sp³-hybridized carbons (Fsp3) is 0.500. The predicted octanol–water partition coefficient (Wildman–Crippen LogP) is 1.34. The minimum Gasteiger partial charge on any atom is -0.169 e. The van der Waals surface area contributed by atoms with Crippen LogP contribution in [-0.4, -0.2) is 20.2 Å². The summed E-state index contributed by atoms with van der Waals surface area (Å²) in [7, 11) is 0. The van der Waals surface area contributed by atoms with Crippen molar-refractivity contribution in [3.05, 3.63) is 0 Å². The Labute approximate surface area is 69.9 Å². The lowest BCUT2D eigenvalue weighted by molar-refractivity contribution is 1.21. The summed E-state index contributed by atoms with van der Waals surface area (Å²) in [6, 6.07) is 0. The van der Waals surface area contributed by atoms with E-state index in [1.807, 2.05) is 0 Å². The summed E-state index contributed by atoms with van der Waals surface area (Å²) in [6.07, 6.45) is 0. The van der Waals surface area contributed by atoms with Crippen LogP contribution in [0.4, 0.5) is 0 Å². The molecule has 1 aliphatic carbocycles. The molecule has 0 nitrogen and oxygen atoms in total. The summed E-state index contributed by atoms with van der Waals surface area (Å²) in [5.74, 6) is 0. The summed E-state index contributed by atoms with van der Waals surface area (Å²) in [6.45, 7) is 0. The van der Waals surface area contributed by atoms with Crippen LogP contribution in [0.2, 0.25) is 0 Å². The summed E-state index contributed by atoms with van der Waals surface area (Å²) in [5.41, 5.74) is 0. The first-order valence-electron chi connectivity index (χ1n) is 2.09. The van der Waals surface area contributed by atoms with E-state index in [4.69, 9.17) is 24.4 Å². The second-order valence-electron chi connectivity index (χ2n) is 1.62. The first-order chi connectivity index (χ1) is 3.64. The van der Waals surface area contributed by atoms with Gasteiger partial charge in [-0.3, -0.25) is 0 Å². The molecule has 1 saturated carbocycles. The third-order valence-corrected chi connectivity index (χ3v) is 3.85. The maximum atomic E-state index is 4.84. The van der Waals surface area contributed by atoms with Gasteiger partial charge in [-0.25, -0.2) is 0 Å². The van der Waals surface area contributed by atoms with Gasteiger partial charge in [-0.2, -0.15) is 25.3 Å². The smallest absolute Gasteiger partial charge is 0.0546 e. The van der Waals surface area contributed by atoms with E-state index in [0.717, 1.165) is 9.73 Å². The molecule has 0 N–H and O–H groups in total. The highest BCUT2D eigenvalue weighted by atomic mass is 32.1. The topological polar surface area (TPSA) is 0 Å². The normalized spacial score (nSPS) is 37.2. The summed E-state index contributed by atoms with van der Waals surface area (Å²) in [4.78, 5) is 1.59. The van der Waals surface area contributed by atoms with Crippen molar-refractivity contribution in [2.75, 3.05) is 0 Å². The van der Waals surface area contributed by atoms with Crippen LogP contribution < -0.4 is 0 Å². The van der Waals surface area contributed by atoms with Crippen molar-refractivity contribution in [2.24, 2.45) is 0 Å². The molecule has 0 aliphatic heterocycles. The summed E-state index contributed by atoms with van der Waals surface area (Å²) >= 11 is 17.9. The van der Waals surface area contributed by atoms with Crippen LogP contribution in [0.1, 0.15) is 0 Å². The average molecular weight is 180 g/mol. The largest absolute Gasteiger partial charge is 0.169 e. The molecule has 1 fully saturated rings. The zero-order valence-electron chi connectivity index (χ0n) is 3.87. The lowest BCUT2D eigenvalue weighted by atomic mass is 9.98. The first kappa shape index (κ1) is 6.99. The third kappa shape index (κ3) is 0.835. The average Bonchev–Trinajstić information content (AvgIpc) is 1.83. The molecule has 0 spiro atoms. The van der Waals surface area contributed by atoms with E-state index in [0.29, 0.717) is 0 Å². The summed E-state index contributed by atoms with van der Waals surface area (Å²) in [5, 5.41) is 0.252. The van der Waals surface area contributed by atoms with Gasteiger partial charge in [0.25, 0.3) is 0 Å². The highest BCUT2D eigenvalue weighted by Crippen LogP contribution is 2.25. The lowest BCUT2D eigenvalue weighted by Gasteiger charge is -2.30. The molecule has 0 heterocycles. The van der Waals surface area contributed by atoms with Gasteiger partial charge in [0.15, 0.2) is 0 Å². The highest BCUT2D eigenvalue weighted by Gasteiger charge is 2.36. The lowest BCUT2D eigenvalue weighted by Crippen LogP contribution is -2.48. The standard InChI is InChI=1S/C4H4S4/c5-1-2(6)4(8)3(1)7/h1-2,5-6H. The molecule has 0 aromatic carbocycles. The summed E-state index contributed by atoms with van der Waals surface area (Å²) < 4.78 is 0. The fourth-order valence-electron chi connectivity index (χ4n) is 0.482. The molecule has 0 saturated heterocycles. The van der Waals surface area contributed by atoms with Crippen molar-refractivity contribution in [3.8, 4) is 0 Å². The zero-order chi connectivity index (χ0) is 6.31. The van der Waals surface area contributed by atoms with Gasteiger partial charge < -0.3 is 0 Å². The molecule has 0 aromatic rings. The molecule has 4 heteroatoms. The second kappa shape index (κ2) is 2.25. The van der Waals surface area contributed by atoms with Gasteiger partial charge in [-0.05, 0) is 0 Å². The maximum Gasteiger partial charge on any atom is 0.0546 e. The van der Waals surface area contributed by atoms with Crippen LogP contribution in [0.3, 0.4) is 0 Å². The first-order valence-corrected chi connectivity index (χ1v) is 3.93. The molecule has 1 rings (SSSR count). The molecule has 0 aromatic heterocycles. The van der Waals surface area contributed by atoms with Crippen LogP contribution in [0, 0.1) is 0 Å². The molecule has 8 heavy (non-hydrogen) atoms. The Kier molecular flexibility index (Phi) is 1.97. The fourth-order valence-corrected chi connectivity index (χ4v) is 1.96. The van der Waals surface area contributed by atoms with Crippen LogP contribution in [0.25, 0.3) is 0 Å². The van der Waals surface area contributed by atoms with E-state index in [9.17, 15) is 0 Å². The Morgan fingerprint density at radius 3 is 1.38 bits per heavy atom. The van der Waals surface area contributed by atoms with E-state index in [-0.39, 0.29) is 10.5 Å². The number of hydrogen-bond donors (Lipinski definition) is 2. The van der Waals surface area contributed by atoms with Crippen LogP contribution in [-0.2, 0) is 0 Å². The van der Waals surface area contributed by atoms with Crippen LogP contribution in [0.5, 0.6) is 0 Å². The molecular weight excluding hydrogens is 176 g/mol. The molecule has 0 amide bonds. The van der Waals surface area contributed by atoms with Gasteiger partial charge in [-0.1, -0.05) is 24.4 Å². The van der Waals surface area contributed by atoms with Crippen molar-refractivity contribution in [1.82, 2.24) is 0 Å². The van der Waals surface area contributed by atoms with E-state index < -0.39 is 0 Å². The van der Waals surface area contributed by atoms with Gasteiger partial charge in [0.2, 0.25) is 0 Å². The second-order valence-corrected chi connectivity index (χ2v) is 3.61. The minimum atomic E-state index is 0.126. The van der Waals surface area contributed by atoms with E-state index in [1.54, 1.807) is 0 Å². The molecule has 0 radical (unpaired) electrons. The van der Waals surface area contributed by atoms with E-state index in [2.05, 4.69) is 25.3 Å². The molecule has 0 bridgehead atoms. The Hall–Kier alpha value is 0.880. The van der Waals surface area contributed by atoms with E-state index in [1.165, 1.54) is 0 Å². The third-order valence-electron chi connectivity index (χ3n) is 1.08. The Morgan fingerprint density at radius 1 is 1.00 bits per heavy atom. The van der Waals surface area contributed by atoms with Crippen molar-refractivity contribution in [3.63, 3.8) is 0 Å². The monoisotopic (exact) mass is 180 g/mol. The predicted molar refractivity (Wildman–Crippen MR) is 50.7 cm³/mol. The molecule has 2 unspecified atom stereocenters. The number of thiol groups is 2. The number of thiocarbonyl (C=S) groups is 2. The van der Waals surface area contributed by atoms with Gasteiger partial charge >= 0.3 is 0 Å². The Balaban J connectivity index is 2.68. The number of hydrogen-bond acceptors (Lipinski definition) is 4. The number of rotatable bonds is 0. The molecular formula is C4H4S4. The van der Waals surface area contributed by atoms with Gasteiger partial charge in [0, 0.05) is 9.73 Å². The van der Waals surface area contributed by atoms with Gasteiger partial charge in [-0.15, -0.1) is 0 Å². The van der Waals surface area contributed by atoms with Gasteiger partial charge in [0.1, 0.15) is 0 Å². The highest BCUT2D eigenvalue weighted by molar-refractivity contribution is 7.97. The van der Waals surface area contributed by atoms with Crippen molar-refractivity contribution in [2.45, 2.75) is 10.5 Å². The van der Waals surface area contributed by atoms with Gasteiger partial charge in [0.05, 0.1) is 10.5 Å². The van der Waals surface area contributed by atoms with Crippen LogP contribution in [0.15, 0.2) is 0 Å². The SMILES string of the molecule is S=C1C(=S)C(S)C1S. The molecule has 1 aliphatic rings. The van der Waals surface area contributed by atoms with Crippen molar-refractivity contribution < 1.29 is 0 Å². The molecule has 44 valence electrons. The zero-order valence-corrected chi connectivity index (χ0v) is 7.29. The Morgan fingerprint density at radius 2 is 1.25 bits per heavy atom. The minimum absolute atomic E-state index is 0.126. The van der Waals surface area contributed by atoms with E-state index >= 15 is 0 Å². The quantitative estimate of drug-likeness (QED) is 0.426. The Bertz CT molecular complexity index is 132. The van der Waals surface area contributed by atoms with Crippen LogP contribution >= 0.6 is 49.7 Å².